The molecule has 2 aliphatic rings. The molecule has 6 nitrogen and oxygen atoms in total. The van der Waals surface area contributed by atoms with Gasteiger partial charge in [-0.15, -0.1) is 0 Å². The minimum Gasteiger partial charge on any atom is -0.456 e. The molecule has 2 unspecified atom stereocenters. The third-order valence-electron chi connectivity index (χ3n) is 5.61. The molecule has 1 aliphatic carbocycles. The van der Waals surface area contributed by atoms with Gasteiger partial charge in [-0.2, -0.15) is 18.2 Å². The molecule has 2 aromatic carbocycles. The van der Waals surface area contributed by atoms with E-state index >= 15 is 0 Å². The van der Waals surface area contributed by atoms with Crippen LogP contribution in [-0.4, -0.2) is 16.0 Å². The molecular formula is C22H17F4N5O. The second-order valence-corrected chi connectivity index (χ2v) is 7.64. The summed E-state index contributed by atoms with van der Waals surface area (Å²) in [4.78, 5) is 11.6. The van der Waals surface area contributed by atoms with Gasteiger partial charge in [-0.3, -0.25) is 0 Å². The van der Waals surface area contributed by atoms with Crippen molar-refractivity contribution >= 4 is 23.3 Å². The Morgan fingerprint density at radius 2 is 1.91 bits per heavy atom. The van der Waals surface area contributed by atoms with Gasteiger partial charge in [0.1, 0.15) is 17.6 Å². The number of benzene rings is 2. The molecule has 10 heteroatoms. The Kier molecular flexibility index (Phi) is 4.72. The number of ether oxygens (including phenoxy) is 1. The van der Waals surface area contributed by atoms with E-state index < -0.39 is 18.0 Å². The molecule has 32 heavy (non-hydrogen) atoms. The Hall–Kier alpha value is -3.69. The minimum absolute atomic E-state index is 0.0278. The molecule has 164 valence electrons. The van der Waals surface area contributed by atoms with E-state index in [2.05, 4.69) is 20.3 Å². The molecule has 5 rings (SSSR count). The van der Waals surface area contributed by atoms with Crippen molar-refractivity contribution in [3.05, 3.63) is 76.9 Å². The van der Waals surface area contributed by atoms with E-state index in [9.17, 15) is 17.6 Å². The molecule has 3 N–H and O–H groups in total. The number of nitrogens with zero attached hydrogens (tertiary/aromatic N) is 3. The van der Waals surface area contributed by atoms with Gasteiger partial charge < -0.3 is 15.8 Å². The van der Waals surface area contributed by atoms with E-state index in [0.717, 1.165) is 35.4 Å². The highest BCUT2D eigenvalue weighted by atomic mass is 19.4. The summed E-state index contributed by atoms with van der Waals surface area (Å²) < 4.78 is 58.4. The van der Waals surface area contributed by atoms with Gasteiger partial charge in [0.25, 0.3) is 6.02 Å². The molecule has 0 amide bonds. The van der Waals surface area contributed by atoms with Crippen molar-refractivity contribution in [2.24, 2.45) is 10.7 Å². The van der Waals surface area contributed by atoms with Crippen LogP contribution in [0.1, 0.15) is 40.8 Å². The molecular weight excluding hydrogens is 426 g/mol. The Balaban J connectivity index is 1.48. The monoisotopic (exact) mass is 443 g/mol. The summed E-state index contributed by atoms with van der Waals surface area (Å²) in [6.07, 6.45) is -2.55. The number of rotatable bonds is 3. The number of nitrogens with one attached hydrogen (secondary N) is 1. The number of halogens is 4. The number of aromatic nitrogens is 2. The normalized spacial score (nSPS) is 19.6. The summed E-state index contributed by atoms with van der Waals surface area (Å²) in [7, 11) is 0. The van der Waals surface area contributed by atoms with Crippen molar-refractivity contribution in [3.8, 4) is 0 Å². The smallest absolute Gasteiger partial charge is 0.433 e. The number of fused-ring (bicyclic) bond motifs is 2. The van der Waals surface area contributed by atoms with Crippen molar-refractivity contribution < 1.29 is 22.3 Å². The van der Waals surface area contributed by atoms with E-state index in [-0.39, 0.29) is 23.7 Å². The van der Waals surface area contributed by atoms with Gasteiger partial charge in [0, 0.05) is 23.4 Å². The summed E-state index contributed by atoms with van der Waals surface area (Å²) in [5.74, 6) is -0.542. The summed E-state index contributed by atoms with van der Waals surface area (Å²) >= 11 is 0. The highest BCUT2D eigenvalue weighted by Crippen LogP contribution is 2.48. The number of alkyl halides is 3. The maximum Gasteiger partial charge on any atom is 0.433 e. The topological polar surface area (TPSA) is 85.4 Å². The number of anilines is 2. The summed E-state index contributed by atoms with van der Waals surface area (Å²) in [5.41, 5.74) is 8.56. The van der Waals surface area contributed by atoms with Crippen LogP contribution in [0.2, 0.25) is 0 Å². The Labute approximate surface area is 180 Å². The number of hydrogen-bond acceptors (Lipinski definition) is 6. The first-order chi connectivity index (χ1) is 15.3. The molecule has 1 aromatic heterocycles. The third kappa shape index (κ3) is 3.72. The number of aliphatic imine (C=N–C) groups is 1. The average Bonchev–Trinajstić information content (AvgIpc) is 3.16. The standard InChI is InChI=1S/C22H17F4N5O/c23-12-2-5-14-11(9-12)1-4-15(14)19-16-10-13(3-6-17(16)30-20(27)32-19)29-21-28-8-7-18(31-21)22(24,25)26/h2-3,5-10,15,19H,1,4H2,(H2,27,30)(H,28,29,31). The minimum atomic E-state index is -4.57. The fraction of sp³-hybridized carbons (Fsp3) is 0.227. The van der Waals surface area contributed by atoms with Crippen LogP contribution >= 0.6 is 0 Å². The molecule has 0 saturated carbocycles. The average molecular weight is 443 g/mol. The van der Waals surface area contributed by atoms with Gasteiger partial charge in [-0.25, -0.2) is 14.4 Å². The second kappa shape index (κ2) is 7.47. The highest BCUT2D eigenvalue weighted by molar-refractivity contribution is 5.79. The Morgan fingerprint density at radius 1 is 1.06 bits per heavy atom. The predicted octanol–water partition coefficient (Wildman–Crippen LogP) is 5.13. The van der Waals surface area contributed by atoms with Gasteiger partial charge in [-0.1, -0.05) is 6.07 Å². The van der Waals surface area contributed by atoms with E-state index in [1.165, 1.54) is 12.1 Å². The fourth-order valence-electron chi connectivity index (χ4n) is 4.24. The van der Waals surface area contributed by atoms with Gasteiger partial charge in [0.2, 0.25) is 5.95 Å². The zero-order valence-electron chi connectivity index (χ0n) is 16.5. The lowest BCUT2D eigenvalue weighted by Crippen LogP contribution is -2.26. The van der Waals surface area contributed by atoms with Crippen molar-refractivity contribution in [1.82, 2.24) is 9.97 Å². The van der Waals surface area contributed by atoms with Crippen molar-refractivity contribution in [1.29, 1.82) is 0 Å². The molecule has 0 fully saturated rings. The molecule has 2 atom stereocenters. The SMILES string of the molecule is NC1=Nc2ccc(Nc3nccc(C(F)(F)F)n3)cc2C(C2CCc3cc(F)ccc32)O1. The number of amidine groups is 1. The van der Waals surface area contributed by atoms with E-state index in [0.29, 0.717) is 17.8 Å². The van der Waals surface area contributed by atoms with Crippen LogP contribution in [-0.2, 0) is 17.3 Å². The Bertz CT molecular complexity index is 1230. The molecule has 3 aromatic rings. The van der Waals surface area contributed by atoms with Gasteiger partial charge in [0.05, 0.1) is 5.69 Å². The zero-order chi connectivity index (χ0) is 22.5. The van der Waals surface area contributed by atoms with Crippen molar-refractivity contribution in [2.75, 3.05) is 5.32 Å². The van der Waals surface area contributed by atoms with Crippen LogP contribution < -0.4 is 11.1 Å². The van der Waals surface area contributed by atoms with Crippen molar-refractivity contribution in [2.45, 2.75) is 31.0 Å². The first-order valence-corrected chi connectivity index (χ1v) is 9.88. The molecule has 0 spiro atoms. The summed E-state index contributed by atoms with van der Waals surface area (Å²) in [6.45, 7) is 0. The number of hydrogen-bond donors (Lipinski definition) is 2. The van der Waals surface area contributed by atoms with E-state index in [1.807, 2.05) is 0 Å². The maximum absolute atomic E-state index is 13.6. The fourth-order valence-corrected chi connectivity index (χ4v) is 4.24. The van der Waals surface area contributed by atoms with E-state index in [4.69, 9.17) is 10.5 Å². The largest absolute Gasteiger partial charge is 0.456 e. The lowest BCUT2D eigenvalue weighted by Gasteiger charge is -2.30. The van der Waals surface area contributed by atoms with Gasteiger partial charge in [-0.05, 0) is 60.4 Å². The number of nitrogens with two attached hydrogens (primary N) is 1. The molecule has 0 bridgehead atoms. The third-order valence-corrected chi connectivity index (χ3v) is 5.61. The van der Waals surface area contributed by atoms with Gasteiger partial charge in [0.15, 0.2) is 0 Å². The zero-order valence-corrected chi connectivity index (χ0v) is 16.5. The molecule has 1 aliphatic heterocycles. The van der Waals surface area contributed by atoms with Crippen LogP contribution in [0, 0.1) is 5.82 Å². The maximum atomic E-state index is 13.6. The van der Waals surface area contributed by atoms with Gasteiger partial charge >= 0.3 is 6.18 Å². The summed E-state index contributed by atoms with van der Waals surface area (Å²) in [6, 6.07) is 10.6. The Morgan fingerprint density at radius 3 is 2.72 bits per heavy atom. The molecule has 2 heterocycles. The molecule has 0 radical (unpaired) electrons. The van der Waals surface area contributed by atoms with Crippen LogP contribution in [0.4, 0.5) is 34.9 Å². The van der Waals surface area contributed by atoms with Crippen molar-refractivity contribution in [3.63, 3.8) is 0 Å². The first kappa shape index (κ1) is 20.2. The van der Waals surface area contributed by atoms with Crippen LogP contribution in [0.25, 0.3) is 0 Å². The molecule has 0 saturated heterocycles. The predicted molar refractivity (Wildman–Crippen MR) is 109 cm³/mol. The number of aryl methyl sites for hydroxylation is 1. The lowest BCUT2D eigenvalue weighted by atomic mass is 9.89. The first-order valence-electron chi connectivity index (χ1n) is 9.88. The van der Waals surface area contributed by atoms with Crippen LogP contribution in [0.3, 0.4) is 0 Å². The van der Waals surface area contributed by atoms with Crippen LogP contribution in [0.5, 0.6) is 0 Å². The second-order valence-electron chi connectivity index (χ2n) is 7.64. The highest BCUT2D eigenvalue weighted by Gasteiger charge is 2.36. The lowest BCUT2D eigenvalue weighted by molar-refractivity contribution is -0.141. The summed E-state index contributed by atoms with van der Waals surface area (Å²) in [5, 5.41) is 2.81. The quantitative estimate of drug-likeness (QED) is 0.549. The van der Waals surface area contributed by atoms with Crippen LogP contribution in [0.15, 0.2) is 53.7 Å². The van der Waals surface area contributed by atoms with E-state index in [1.54, 1.807) is 24.3 Å².